The smallest absolute Gasteiger partial charge is 0.373 e. The van der Waals surface area contributed by atoms with Crippen LogP contribution in [0.3, 0.4) is 0 Å². The molecule has 0 fully saturated rings. The van der Waals surface area contributed by atoms with Gasteiger partial charge in [-0.05, 0) is 0 Å². The summed E-state index contributed by atoms with van der Waals surface area (Å²) in [6.45, 7) is 0. The normalized spacial score (nSPS) is 16.7. The van der Waals surface area contributed by atoms with E-state index in [4.69, 9.17) is 0 Å². The molecule has 0 N–H and O–H groups in total. The number of rotatable bonds is 16. The molecular weight excluding hydrogens is 755 g/mol. The average Bonchev–Trinajstić information content (AvgIpc) is 2.87. The Labute approximate surface area is 238 Å². The molecule has 0 saturated carbocycles. The standard InChI is InChI=1S/C17H13F25O3Si/c1-43-46(44-2,45-3)17(41,42)16(39,40)15(37,38)14(35,36)13(33,34)12(31,32)11(29,30)10(27,28)9(25,26)8(23,24)6(18,19)4-5-7(20,21)22/h4-5H2,1-3H3. The molecule has 3 nitrogen and oxygen atoms in total. The molecule has 0 aromatic rings. The van der Waals surface area contributed by atoms with Crippen LogP contribution < -0.4 is 0 Å². The third-order valence-corrected chi connectivity index (χ3v) is 8.62. The van der Waals surface area contributed by atoms with Crippen molar-refractivity contribution in [3.05, 3.63) is 0 Å². The van der Waals surface area contributed by atoms with Gasteiger partial charge in [0.05, 0.1) is 0 Å². The quantitative estimate of drug-likeness (QED) is 0.116. The van der Waals surface area contributed by atoms with Gasteiger partial charge in [-0.3, -0.25) is 0 Å². The molecule has 0 rings (SSSR count). The molecule has 0 aromatic carbocycles. The van der Waals surface area contributed by atoms with Crippen LogP contribution in [-0.4, -0.2) is 101 Å². The van der Waals surface area contributed by atoms with E-state index < -0.39 is 92.6 Å². The van der Waals surface area contributed by atoms with E-state index >= 15 is 0 Å². The van der Waals surface area contributed by atoms with Gasteiger partial charge < -0.3 is 13.3 Å². The molecule has 0 bridgehead atoms. The lowest BCUT2D eigenvalue weighted by Gasteiger charge is -2.46. The summed E-state index contributed by atoms with van der Waals surface area (Å²) in [7, 11) is -7.51. The summed E-state index contributed by atoms with van der Waals surface area (Å²) in [5, 5.41) is 0. The van der Waals surface area contributed by atoms with E-state index in [1.807, 2.05) is 0 Å². The predicted octanol–water partition coefficient (Wildman–Crippen LogP) is 8.73. The molecular formula is C17H13F25O3Si. The first-order valence-electron chi connectivity index (χ1n) is 10.5. The lowest BCUT2D eigenvalue weighted by atomic mass is 9.85. The minimum Gasteiger partial charge on any atom is -0.373 e. The highest BCUT2D eigenvalue weighted by molar-refractivity contribution is 6.63. The first-order chi connectivity index (χ1) is 19.6. The van der Waals surface area contributed by atoms with E-state index in [0.29, 0.717) is 0 Å². The number of alkyl halides is 25. The van der Waals surface area contributed by atoms with Crippen molar-refractivity contribution < 1.29 is 123 Å². The Morgan fingerprint density at radius 3 is 0.761 bits per heavy atom. The molecule has 46 heavy (non-hydrogen) atoms. The second kappa shape index (κ2) is 11.7. The van der Waals surface area contributed by atoms with Gasteiger partial charge in [-0.25, -0.2) is 0 Å². The van der Waals surface area contributed by atoms with E-state index in [-0.39, 0.29) is 21.3 Å². The van der Waals surface area contributed by atoms with Crippen molar-refractivity contribution in [3.8, 4) is 0 Å². The van der Waals surface area contributed by atoms with Crippen molar-refractivity contribution in [2.45, 2.75) is 83.8 Å². The molecule has 0 radical (unpaired) electrons. The van der Waals surface area contributed by atoms with E-state index in [0.717, 1.165) is 0 Å². The first-order valence-corrected chi connectivity index (χ1v) is 12.2. The van der Waals surface area contributed by atoms with E-state index in [2.05, 4.69) is 13.3 Å². The first kappa shape index (κ1) is 44.3. The number of halogens is 25. The SMILES string of the molecule is CO[Si](OC)(OC)C(F)(F)C(F)(F)C(F)(F)C(F)(F)C(F)(F)C(F)(F)C(F)(F)C(F)(F)C(F)(F)C(F)(F)C(F)(F)CCC(F)(F)F. The molecule has 0 spiro atoms. The largest absolute Gasteiger partial charge is 0.581 e. The highest BCUT2D eigenvalue weighted by Crippen LogP contribution is 2.67. The third-order valence-electron chi connectivity index (χ3n) is 5.92. The molecule has 0 aliphatic rings. The number of hydrogen-bond donors (Lipinski definition) is 0. The molecule has 0 aliphatic heterocycles. The molecule has 0 aliphatic carbocycles. The molecule has 29 heteroatoms. The zero-order valence-electron chi connectivity index (χ0n) is 21.6. The summed E-state index contributed by atoms with van der Waals surface area (Å²) in [5.41, 5.74) is -7.22. The van der Waals surface area contributed by atoms with Crippen LogP contribution in [0.2, 0.25) is 0 Å². The van der Waals surface area contributed by atoms with Crippen molar-refractivity contribution in [3.63, 3.8) is 0 Å². The van der Waals surface area contributed by atoms with Gasteiger partial charge in [0.1, 0.15) is 0 Å². The molecule has 0 atom stereocenters. The van der Waals surface area contributed by atoms with Gasteiger partial charge in [0.15, 0.2) is 0 Å². The van der Waals surface area contributed by atoms with Crippen LogP contribution in [0.1, 0.15) is 12.8 Å². The summed E-state index contributed by atoms with van der Waals surface area (Å²) in [6.07, 6.45) is -13.2. The predicted molar refractivity (Wildman–Crippen MR) is 96.5 cm³/mol. The van der Waals surface area contributed by atoms with Gasteiger partial charge in [-0.2, -0.15) is 110 Å². The van der Waals surface area contributed by atoms with Crippen LogP contribution in [0.25, 0.3) is 0 Å². The Bertz CT molecular complexity index is 1050. The second-order valence-electron chi connectivity index (χ2n) is 8.73. The Kier molecular flexibility index (Phi) is 11.3. The fourth-order valence-electron chi connectivity index (χ4n) is 3.09. The molecule has 0 aromatic heterocycles. The molecule has 278 valence electrons. The van der Waals surface area contributed by atoms with Crippen LogP contribution in [0.4, 0.5) is 110 Å². The number of hydrogen-bond acceptors (Lipinski definition) is 3. The maximum Gasteiger partial charge on any atom is 0.581 e. The lowest BCUT2D eigenvalue weighted by Crippen LogP contribution is -2.79. The van der Waals surface area contributed by atoms with E-state index in [1.54, 1.807) is 0 Å². The summed E-state index contributed by atoms with van der Waals surface area (Å²) in [5.74, 6) is -89.2. The summed E-state index contributed by atoms with van der Waals surface area (Å²) in [6, 6.07) is 0. The molecule has 0 amide bonds. The maximum absolute atomic E-state index is 14.3. The fraction of sp³-hybridized carbons (Fsp3) is 1.00. The minimum atomic E-state index is -9.53. The Morgan fingerprint density at radius 2 is 0.543 bits per heavy atom. The van der Waals surface area contributed by atoms with Gasteiger partial charge in [0, 0.05) is 34.2 Å². The van der Waals surface area contributed by atoms with Crippen LogP contribution >= 0.6 is 0 Å². The summed E-state index contributed by atoms with van der Waals surface area (Å²) in [4.78, 5) is 0. The van der Waals surface area contributed by atoms with Crippen molar-refractivity contribution in [1.29, 1.82) is 0 Å². The van der Waals surface area contributed by atoms with Crippen molar-refractivity contribution >= 4 is 8.80 Å². The summed E-state index contributed by atoms with van der Waals surface area (Å²) < 4.78 is 352. The van der Waals surface area contributed by atoms with Gasteiger partial charge >= 0.3 is 79.8 Å². The molecule has 0 saturated heterocycles. The average molecular weight is 768 g/mol. The van der Waals surface area contributed by atoms with Crippen LogP contribution in [0, 0.1) is 0 Å². The highest BCUT2D eigenvalue weighted by Gasteiger charge is 2.99. The molecule has 0 unspecified atom stereocenters. The van der Waals surface area contributed by atoms with Crippen molar-refractivity contribution in [2.24, 2.45) is 0 Å². The zero-order valence-corrected chi connectivity index (χ0v) is 22.6. The van der Waals surface area contributed by atoms with Crippen LogP contribution in [0.15, 0.2) is 0 Å². The maximum atomic E-state index is 14.3. The van der Waals surface area contributed by atoms with Crippen LogP contribution in [-0.2, 0) is 13.3 Å². The van der Waals surface area contributed by atoms with Crippen LogP contribution in [0.5, 0.6) is 0 Å². The van der Waals surface area contributed by atoms with Gasteiger partial charge in [0.2, 0.25) is 0 Å². The van der Waals surface area contributed by atoms with E-state index in [9.17, 15) is 110 Å². The Morgan fingerprint density at radius 1 is 0.326 bits per heavy atom. The van der Waals surface area contributed by atoms with Gasteiger partial charge in [0.25, 0.3) is 0 Å². The van der Waals surface area contributed by atoms with Crippen molar-refractivity contribution in [1.82, 2.24) is 0 Å². The molecule has 0 heterocycles. The monoisotopic (exact) mass is 768 g/mol. The Balaban J connectivity index is 7.37. The topological polar surface area (TPSA) is 27.7 Å². The lowest BCUT2D eigenvalue weighted by molar-refractivity contribution is -0.473. The third kappa shape index (κ3) is 5.63. The van der Waals surface area contributed by atoms with Crippen molar-refractivity contribution in [2.75, 3.05) is 21.3 Å². The Hall–Kier alpha value is -1.65. The highest BCUT2D eigenvalue weighted by atomic mass is 28.4. The summed E-state index contributed by atoms with van der Waals surface area (Å²) >= 11 is 0. The van der Waals surface area contributed by atoms with Gasteiger partial charge in [-0.15, -0.1) is 0 Å². The zero-order chi connectivity index (χ0) is 38.0. The second-order valence-corrected chi connectivity index (χ2v) is 11.7. The minimum absolute atomic E-state index is 0.187. The van der Waals surface area contributed by atoms with Gasteiger partial charge in [-0.1, -0.05) is 0 Å². The fourth-order valence-corrected chi connectivity index (χ4v) is 4.90. The van der Waals surface area contributed by atoms with E-state index in [1.165, 1.54) is 0 Å².